The van der Waals surface area contributed by atoms with Crippen molar-refractivity contribution >= 4 is 29.0 Å². The van der Waals surface area contributed by atoms with Gasteiger partial charge in [0.1, 0.15) is 12.1 Å². The molecule has 1 saturated heterocycles. The zero-order valence-electron chi connectivity index (χ0n) is 13.8. The number of anilines is 2. The van der Waals surface area contributed by atoms with Gasteiger partial charge in [-0.15, -0.1) is 5.10 Å². The molecule has 1 aliphatic rings. The Morgan fingerprint density at radius 3 is 2.69 bits per heavy atom. The Balaban J connectivity index is 1.56. The molecule has 132 valence electrons. The van der Waals surface area contributed by atoms with Crippen LogP contribution in [0.25, 0.3) is 5.69 Å². The van der Waals surface area contributed by atoms with Gasteiger partial charge in [0.05, 0.1) is 23.1 Å². The van der Waals surface area contributed by atoms with Crippen LogP contribution in [0.3, 0.4) is 0 Å². The molecule has 4 rings (SSSR count). The summed E-state index contributed by atoms with van der Waals surface area (Å²) >= 11 is 6.06. The smallest absolute Gasteiger partial charge is 0.257 e. The molecule has 0 atom stereocenters. The lowest BCUT2D eigenvalue weighted by atomic mass is 10.1. The van der Waals surface area contributed by atoms with Crippen molar-refractivity contribution in [1.29, 1.82) is 0 Å². The summed E-state index contributed by atoms with van der Waals surface area (Å²) in [6.07, 6.45) is 5.46. The van der Waals surface area contributed by atoms with E-state index in [0.29, 0.717) is 22.0 Å². The van der Waals surface area contributed by atoms with Crippen LogP contribution in [0.15, 0.2) is 42.9 Å². The van der Waals surface area contributed by atoms with Gasteiger partial charge in [-0.2, -0.15) is 4.68 Å². The number of rotatable bonds is 4. The van der Waals surface area contributed by atoms with Gasteiger partial charge in [0, 0.05) is 18.1 Å². The van der Waals surface area contributed by atoms with Gasteiger partial charge >= 0.3 is 0 Å². The van der Waals surface area contributed by atoms with Crippen LogP contribution in [-0.2, 0) is 0 Å². The molecule has 1 aromatic carbocycles. The van der Waals surface area contributed by atoms with Crippen LogP contribution in [-0.4, -0.2) is 44.2 Å². The van der Waals surface area contributed by atoms with Crippen molar-refractivity contribution in [2.75, 3.05) is 23.3 Å². The van der Waals surface area contributed by atoms with Crippen molar-refractivity contribution in [3.8, 4) is 5.69 Å². The number of aromatic nitrogens is 5. The monoisotopic (exact) mass is 369 g/mol. The van der Waals surface area contributed by atoms with Crippen LogP contribution in [0.4, 0.5) is 11.5 Å². The highest BCUT2D eigenvalue weighted by Crippen LogP contribution is 2.22. The zero-order chi connectivity index (χ0) is 17.9. The fraction of sp³-hybridized carbons (Fsp3) is 0.235. The van der Waals surface area contributed by atoms with E-state index in [-0.39, 0.29) is 5.91 Å². The number of hydrogen-bond acceptors (Lipinski definition) is 6. The number of nitrogens with zero attached hydrogens (tertiary/aromatic N) is 6. The summed E-state index contributed by atoms with van der Waals surface area (Å²) in [6, 6.07) is 8.73. The first-order valence-electron chi connectivity index (χ1n) is 8.26. The predicted octanol–water partition coefficient (Wildman–Crippen LogP) is 2.56. The molecular weight excluding hydrogens is 354 g/mol. The topological polar surface area (TPSA) is 88.8 Å². The number of carbonyl (C=O) groups excluding carboxylic acids is 1. The molecule has 2 aromatic heterocycles. The minimum Gasteiger partial charge on any atom is -0.357 e. The second-order valence-corrected chi connectivity index (χ2v) is 6.41. The molecule has 1 fully saturated rings. The van der Waals surface area contributed by atoms with Crippen molar-refractivity contribution in [3.05, 3.63) is 53.4 Å². The maximum atomic E-state index is 12.7. The van der Waals surface area contributed by atoms with Gasteiger partial charge in [0.2, 0.25) is 0 Å². The van der Waals surface area contributed by atoms with Crippen molar-refractivity contribution in [2.24, 2.45) is 0 Å². The van der Waals surface area contributed by atoms with Crippen LogP contribution in [0.5, 0.6) is 0 Å². The van der Waals surface area contributed by atoms with Gasteiger partial charge in [-0.3, -0.25) is 4.79 Å². The van der Waals surface area contributed by atoms with Crippen LogP contribution >= 0.6 is 11.6 Å². The summed E-state index contributed by atoms with van der Waals surface area (Å²) in [5.41, 5.74) is 1.52. The van der Waals surface area contributed by atoms with Crippen molar-refractivity contribution in [3.63, 3.8) is 0 Å². The first-order valence-corrected chi connectivity index (χ1v) is 8.64. The minimum atomic E-state index is -0.311. The van der Waals surface area contributed by atoms with Gasteiger partial charge in [-0.05, 0) is 53.6 Å². The molecule has 1 amide bonds. The molecule has 26 heavy (non-hydrogen) atoms. The van der Waals surface area contributed by atoms with E-state index in [1.54, 1.807) is 24.4 Å². The SMILES string of the molecule is O=C(Nc1ccc(N2CCCC2)nc1)c1cc(Cl)ccc1-n1cnnn1. The minimum absolute atomic E-state index is 0.311. The average Bonchev–Trinajstić information content (AvgIpc) is 3.36. The van der Waals surface area contributed by atoms with E-state index in [1.807, 2.05) is 12.1 Å². The number of amides is 1. The molecule has 0 saturated carbocycles. The Bertz CT molecular complexity index is 905. The number of benzene rings is 1. The van der Waals surface area contributed by atoms with Gasteiger partial charge in [0.15, 0.2) is 0 Å². The molecule has 3 heterocycles. The van der Waals surface area contributed by atoms with Crippen LogP contribution in [0.2, 0.25) is 5.02 Å². The van der Waals surface area contributed by atoms with Crippen LogP contribution in [0, 0.1) is 0 Å². The van der Waals surface area contributed by atoms with E-state index >= 15 is 0 Å². The molecule has 3 aromatic rings. The average molecular weight is 370 g/mol. The molecular formula is C17H16ClN7O. The third-order valence-corrected chi connectivity index (χ3v) is 4.47. The van der Waals surface area contributed by atoms with Gasteiger partial charge in [-0.1, -0.05) is 11.6 Å². The van der Waals surface area contributed by atoms with Crippen molar-refractivity contribution in [1.82, 2.24) is 25.2 Å². The zero-order valence-corrected chi connectivity index (χ0v) is 14.6. The fourth-order valence-corrected chi connectivity index (χ4v) is 3.13. The molecule has 9 heteroatoms. The number of hydrogen-bond donors (Lipinski definition) is 1. The summed E-state index contributed by atoms with van der Waals surface area (Å²) in [7, 11) is 0. The molecule has 0 radical (unpaired) electrons. The number of pyridine rings is 1. The second kappa shape index (κ2) is 7.09. The lowest BCUT2D eigenvalue weighted by Crippen LogP contribution is -2.19. The Kier molecular flexibility index (Phi) is 4.49. The standard InChI is InChI=1S/C17H16ClN7O/c18-12-3-5-15(25-11-20-22-23-25)14(9-12)17(26)21-13-4-6-16(19-10-13)24-7-1-2-8-24/h3-6,9-11H,1-2,7-8H2,(H,21,26). The number of tetrazole rings is 1. The maximum Gasteiger partial charge on any atom is 0.257 e. The third kappa shape index (κ3) is 3.36. The summed E-state index contributed by atoms with van der Waals surface area (Å²) < 4.78 is 1.42. The summed E-state index contributed by atoms with van der Waals surface area (Å²) in [4.78, 5) is 19.4. The first-order chi connectivity index (χ1) is 12.7. The molecule has 0 unspecified atom stereocenters. The number of halogens is 1. The highest BCUT2D eigenvalue weighted by Gasteiger charge is 2.16. The lowest BCUT2D eigenvalue weighted by Gasteiger charge is -2.16. The van der Waals surface area contributed by atoms with Gasteiger partial charge in [-0.25, -0.2) is 4.98 Å². The third-order valence-electron chi connectivity index (χ3n) is 4.23. The van der Waals surface area contributed by atoms with Crippen LogP contribution in [0.1, 0.15) is 23.2 Å². The summed E-state index contributed by atoms with van der Waals surface area (Å²) in [6.45, 7) is 2.05. The van der Waals surface area contributed by atoms with E-state index in [4.69, 9.17) is 11.6 Å². The van der Waals surface area contributed by atoms with Gasteiger partial charge in [0.25, 0.3) is 5.91 Å². The van der Waals surface area contributed by atoms with E-state index in [0.717, 1.165) is 18.9 Å². The highest BCUT2D eigenvalue weighted by atomic mass is 35.5. The molecule has 0 bridgehead atoms. The Morgan fingerprint density at radius 2 is 2.00 bits per heavy atom. The van der Waals surface area contributed by atoms with Crippen LogP contribution < -0.4 is 10.2 Å². The maximum absolute atomic E-state index is 12.7. The van der Waals surface area contributed by atoms with E-state index in [1.165, 1.54) is 23.9 Å². The summed E-state index contributed by atoms with van der Waals surface area (Å²) in [5.74, 6) is 0.617. The lowest BCUT2D eigenvalue weighted by molar-refractivity contribution is 0.102. The van der Waals surface area contributed by atoms with E-state index < -0.39 is 0 Å². The largest absolute Gasteiger partial charge is 0.357 e. The van der Waals surface area contributed by atoms with E-state index in [9.17, 15) is 4.79 Å². The Hall–Kier alpha value is -3.00. The molecule has 1 aliphatic heterocycles. The molecule has 1 N–H and O–H groups in total. The fourth-order valence-electron chi connectivity index (χ4n) is 2.95. The quantitative estimate of drug-likeness (QED) is 0.760. The van der Waals surface area contributed by atoms with Crippen molar-refractivity contribution in [2.45, 2.75) is 12.8 Å². The Morgan fingerprint density at radius 1 is 1.15 bits per heavy atom. The first kappa shape index (κ1) is 16.5. The predicted molar refractivity (Wildman–Crippen MR) is 97.8 cm³/mol. The second-order valence-electron chi connectivity index (χ2n) is 5.97. The number of nitrogens with one attached hydrogen (secondary N) is 1. The van der Waals surface area contributed by atoms with Gasteiger partial charge < -0.3 is 10.2 Å². The molecule has 0 spiro atoms. The number of carbonyl (C=O) groups is 1. The summed E-state index contributed by atoms with van der Waals surface area (Å²) in [5, 5.41) is 14.3. The van der Waals surface area contributed by atoms with Crippen molar-refractivity contribution < 1.29 is 4.79 Å². The molecule has 0 aliphatic carbocycles. The van der Waals surface area contributed by atoms with E-state index in [2.05, 4.69) is 30.7 Å². The highest BCUT2D eigenvalue weighted by molar-refractivity contribution is 6.31. The normalized spacial score (nSPS) is 13.8. The molecule has 8 nitrogen and oxygen atoms in total. The Labute approximate surface area is 154 Å².